The minimum absolute atomic E-state index is 0.0250. The molecule has 0 saturated heterocycles. The van der Waals surface area contributed by atoms with Crippen LogP contribution in [0.3, 0.4) is 0 Å². The average Bonchev–Trinajstić information content (AvgIpc) is 3.27. The number of unbranched alkanes of at least 4 members (excludes halogenated alkanes) is 10. The Morgan fingerprint density at radius 2 is 0.726 bits per heavy atom. The Bertz CT molecular complexity index is 1330. The number of carbonyl (C=O) groups is 2. The second-order valence-electron chi connectivity index (χ2n) is 15.6. The first kappa shape index (κ1) is 58.0. The van der Waals surface area contributed by atoms with Crippen molar-refractivity contribution in [3.63, 3.8) is 0 Å². The van der Waals surface area contributed by atoms with Crippen LogP contribution in [-0.4, -0.2) is 37.9 Å². The van der Waals surface area contributed by atoms with E-state index in [1.807, 2.05) is 0 Å². The Morgan fingerprint density at radius 1 is 0.371 bits per heavy atom. The molecule has 348 valence electrons. The molecule has 0 rings (SSSR count). The summed E-state index contributed by atoms with van der Waals surface area (Å²) in [6.07, 6.45) is 73.3. The highest BCUT2D eigenvalue weighted by molar-refractivity contribution is 5.70. The Labute approximate surface area is 381 Å². The molecule has 0 saturated carbocycles. The highest BCUT2D eigenvalue weighted by Crippen LogP contribution is 2.12. The smallest absolute Gasteiger partial charge is 0.306 e. The van der Waals surface area contributed by atoms with Gasteiger partial charge in [0.25, 0.3) is 0 Å². The quantitative estimate of drug-likeness (QED) is 0.0347. The molecule has 1 atom stereocenters. The summed E-state index contributed by atoms with van der Waals surface area (Å²) in [5.74, 6) is -0.510. The fraction of sp³-hybridized carbons (Fsp3) is 0.579. The maximum Gasteiger partial charge on any atom is 0.306 e. The lowest BCUT2D eigenvalue weighted by molar-refractivity contribution is -0.162. The van der Waals surface area contributed by atoms with Gasteiger partial charge in [0.15, 0.2) is 6.10 Å². The van der Waals surface area contributed by atoms with Gasteiger partial charge in [-0.15, -0.1) is 0 Å². The fourth-order valence-corrected chi connectivity index (χ4v) is 6.09. The van der Waals surface area contributed by atoms with Crippen LogP contribution in [0.4, 0.5) is 0 Å². The summed E-state index contributed by atoms with van der Waals surface area (Å²) in [4.78, 5) is 25.3. The van der Waals surface area contributed by atoms with Gasteiger partial charge in [0, 0.05) is 19.4 Å². The molecule has 0 aromatic heterocycles. The molecule has 1 unspecified atom stereocenters. The Hall–Kier alpha value is -3.96. The topological polar surface area (TPSA) is 61.8 Å². The van der Waals surface area contributed by atoms with Gasteiger partial charge in [0.2, 0.25) is 0 Å². The van der Waals surface area contributed by atoms with Crippen molar-refractivity contribution in [2.45, 2.75) is 194 Å². The van der Waals surface area contributed by atoms with Crippen LogP contribution in [0.25, 0.3) is 0 Å². The van der Waals surface area contributed by atoms with Crippen molar-refractivity contribution in [2.24, 2.45) is 0 Å². The van der Waals surface area contributed by atoms with Crippen LogP contribution < -0.4 is 0 Å². The molecule has 62 heavy (non-hydrogen) atoms. The van der Waals surface area contributed by atoms with E-state index in [1.165, 1.54) is 38.5 Å². The molecule has 0 aromatic rings. The van der Waals surface area contributed by atoms with E-state index in [9.17, 15) is 9.59 Å². The van der Waals surface area contributed by atoms with Crippen molar-refractivity contribution >= 4 is 11.9 Å². The van der Waals surface area contributed by atoms with Gasteiger partial charge in [-0.05, 0) is 103 Å². The molecule has 0 heterocycles. The average molecular weight is 855 g/mol. The fourth-order valence-electron chi connectivity index (χ4n) is 6.09. The number of allylic oxidation sites excluding steroid dienone is 22. The molecule has 5 nitrogen and oxygen atoms in total. The molecule has 0 aromatic carbocycles. The minimum atomic E-state index is -0.596. The van der Waals surface area contributed by atoms with Crippen LogP contribution in [0.2, 0.25) is 0 Å². The Morgan fingerprint density at radius 3 is 1.15 bits per heavy atom. The van der Waals surface area contributed by atoms with E-state index in [2.05, 4.69) is 154 Å². The van der Waals surface area contributed by atoms with E-state index in [0.717, 1.165) is 116 Å². The largest absolute Gasteiger partial charge is 0.462 e. The predicted octanol–water partition coefficient (Wildman–Crippen LogP) is 16.8. The zero-order chi connectivity index (χ0) is 44.9. The first-order chi connectivity index (χ1) is 30.6. The van der Waals surface area contributed by atoms with Gasteiger partial charge in [-0.2, -0.15) is 0 Å². The molecule has 0 bridgehead atoms. The van der Waals surface area contributed by atoms with Crippen molar-refractivity contribution in [3.05, 3.63) is 134 Å². The molecular weight excluding hydrogens is 765 g/mol. The van der Waals surface area contributed by atoms with Gasteiger partial charge in [0.1, 0.15) is 6.61 Å². The minimum Gasteiger partial charge on any atom is -0.462 e. The third kappa shape index (κ3) is 48.7. The molecule has 0 aliphatic rings. The molecule has 0 radical (unpaired) electrons. The van der Waals surface area contributed by atoms with E-state index in [1.54, 1.807) is 0 Å². The third-order valence-electron chi connectivity index (χ3n) is 9.68. The number of esters is 2. The number of rotatable bonds is 43. The molecule has 0 amide bonds. The van der Waals surface area contributed by atoms with E-state index in [-0.39, 0.29) is 25.2 Å². The summed E-state index contributed by atoms with van der Waals surface area (Å²) in [6.45, 7) is 7.35. The summed E-state index contributed by atoms with van der Waals surface area (Å²) >= 11 is 0. The molecule has 0 aliphatic carbocycles. The van der Waals surface area contributed by atoms with Crippen molar-refractivity contribution in [2.75, 3.05) is 19.8 Å². The second-order valence-corrected chi connectivity index (χ2v) is 15.6. The molecular formula is C57H90O5. The van der Waals surface area contributed by atoms with Crippen LogP contribution in [0.1, 0.15) is 188 Å². The first-order valence-corrected chi connectivity index (χ1v) is 24.7. The van der Waals surface area contributed by atoms with Gasteiger partial charge < -0.3 is 14.2 Å². The van der Waals surface area contributed by atoms with Crippen molar-refractivity contribution in [3.8, 4) is 0 Å². The summed E-state index contributed by atoms with van der Waals surface area (Å²) in [5.41, 5.74) is 0. The van der Waals surface area contributed by atoms with Crippen LogP contribution in [0.5, 0.6) is 0 Å². The van der Waals surface area contributed by atoms with Gasteiger partial charge in [-0.25, -0.2) is 0 Å². The molecule has 0 fully saturated rings. The molecule has 0 N–H and O–H groups in total. The van der Waals surface area contributed by atoms with E-state index >= 15 is 0 Å². The normalized spacial score (nSPS) is 13.4. The monoisotopic (exact) mass is 855 g/mol. The van der Waals surface area contributed by atoms with Gasteiger partial charge >= 0.3 is 11.9 Å². The SMILES string of the molecule is CC/C=C\C/C=C\C/C=C\C/C=C\C/C=C\C/C=C\CCCOCC(COC(=O)CCC/C=C\C/C=C\C/C=C\C/C=C\C/C=C\CC)OC(=O)CCCCCCCCCCC. The molecule has 0 spiro atoms. The first-order valence-electron chi connectivity index (χ1n) is 24.7. The number of hydrogen-bond donors (Lipinski definition) is 0. The Kier molecular flexibility index (Phi) is 48.1. The van der Waals surface area contributed by atoms with E-state index < -0.39 is 6.10 Å². The van der Waals surface area contributed by atoms with Gasteiger partial charge in [0.05, 0.1) is 6.61 Å². The number of ether oxygens (including phenoxy) is 3. The summed E-state index contributed by atoms with van der Waals surface area (Å²) in [6, 6.07) is 0. The van der Waals surface area contributed by atoms with Crippen LogP contribution in [-0.2, 0) is 23.8 Å². The van der Waals surface area contributed by atoms with Gasteiger partial charge in [-0.1, -0.05) is 206 Å². The maximum absolute atomic E-state index is 12.7. The summed E-state index contributed by atoms with van der Waals surface area (Å²) < 4.78 is 17.2. The summed E-state index contributed by atoms with van der Waals surface area (Å²) in [7, 11) is 0. The Balaban J connectivity index is 4.43. The number of hydrogen-bond acceptors (Lipinski definition) is 5. The molecule has 0 aliphatic heterocycles. The third-order valence-corrected chi connectivity index (χ3v) is 9.68. The summed E-state index contributed by atoms with van der Waals surface area (Å²) in [5, 5.41) is 0. The van der Waals surface area contributed by atoms with Gasteiger partial charge in [-0.3, -0.25) is 9.59 Å². The zero-order valence-corrected chi connectivity index (χ0v) is 39.8. The highest BCUT2D eigenvalue weighted by Gasteiger charge is 2.17. The molecule has 5 heteroatoms. The lowest BCUT2D eigenvalue weighted by atomic mass is 10.1. The van der Waals surface area contributed by atoms with Crippen molar-refractivity contribution < 1.29 is 23.8 Å². The number of carbonyl (C=O) groups excluding carboxylic acids is 2. The van der Waals surface area contributed by atoms with Crippen LogP contribution in [0, 0.1) is 0 Å². The lowest BCUT2D eigenvalue weighted by Gasteiger charge is -2.18. The van der Waals surface area contributed by atoms with Crippen molar-refractivity contribution in [1.82, 2.24) is 0 Å². The van der Waals surface area contributed by atoms with Crippen LogP contribution in [0.15, 0.2) is 134 Å². The standard InChI is InChI=1S/C57H90O5/c1-4-7-10-13-16-19-21-23-25-27-28-29-31-33-35-37-40-43-46-49-52-60-53-55(62-57(59)51-48-45-42-38-18-15-12-9-6-3)54-61-56(58)50-47-44-41-39-36-34-32-30-26-24-22-20-17-14-11-8-5-2/h7-8,10-11,16-17,19-20,23-26,28-29,32-35,39-41,43,55H,4-6,9,12-15,18,21-22,27,30-31,36-38,42,44-54H2,1-3H3/b10-7-,11-8-,19-16-,20-17-,25-23-,26-24-,29-28-,34-32-,35-33-,41-39-,43-40-. The lowest BCUT2D eigenvalue weighted by Crippen LogP contribution is -2.30. The predicted molar refractivity (Wildman–Crippen MR) is 269 cm³/mol. The van der Waals surface area contributed by atoms with Crippen molar-refractivity contribution in [1.29, 1.82) is 0 Å². The van der Waals surface area contributed by atoms with E-state index in [0.29, 0.717) is 19.4 Å². The second kappa shape index (κ2) is 51.4. The zero-order valence-electron chi connectivity index (χ0n) is 39.8. The van der Waals surface area contributed by atoms with E-state index in [4.69, 9.17) is 14.2 Å². The van der Waals surface area contributed by atoms with Crippen LogP contribution >= 0.6 is 0 Å². The maximum atomic E-state index is 12.7. The highest BCUT2D eigenvalue weighted by atomic mass is 16.6.